The van der Waals surface area contributed by atoms with E-state index in [9.17, 15) is 8.42 Å². The van der Waals surface area contributed by atoms with Crippen molar-refractivity contribution in [3.05, 3.63) is 29.8 Å². The van der Waals surface area contributed by atoms with Crippen molar-refractivity contribution >= 4 is 27.3 Å². The highest BCUT2D eigenvalue weighted by atomic mass is 32.2. The van der Waals surface area contributed by atoms with E-state index in [2.05, 4.69) is 0 Å². The summed E-state index contributed by atoms with van der Waals surface area (Å²) >= 11 is 1.70. The molecule has 0 saturated carbocycles. The third kappa shape index (κ3) is 3.30. The van der Waals surface area contributed by atoms with E-state index in [0.717, 1.165) is 30.0 Å². The van der Waals surface area contributed by atoms with Gasteiger partial charge >= 0.3 is 0 Å². The summed E-state index contributed by atoms with van der Waals surface area (Å²) in [7, 11) is -3.11. The molecule has 0 bridgehead atoms. The second-order valence-electron chi connectivity index (χ2n) is 5.13. The van der Waals surface area contributed by atoms with Crippen molar-refractivity contribution in [3.63, 3.8) is 0 Å². The number of para-hydroxylation sites is 1. The van der Waals surface area contributed by atoms with Crippen molar-refractivity contribution in [2.45, 2.75) is 24.8 Å². The number of sulfone groups is 1. The van der Waals surface area contributed by atoms with Crippen molar-refractivity contribution in [2.75, 3.05) is 29.2 Å². The first-order valence-corrected chi connectivity index (χ1v) is 9.93. The second kappa shape index (κ2) is 6.37. The van der Waals surface area contributed by atoms with Crippen molar-refractivity contribution < 1.29 is 8.42 Å². The van der Waals surface area contributed by atoms with Crippen LogP contribution >= 0.6 is 11.8 Å². The molecular weight excluding hydrogens is 292 g/mol. The Labute approximate surface area is 125 Å². The zero-order valence-electron chi connectivity index (χ0n) is 12.0. The van der Waals surface area contributed by atoms with Crippen LogP contribution in [0.1, 0.15) is 24.9 Å². The van der Waals surface area contributed by atoms with Crippen LogP contribution in [0.2, 0.25) is 0 Å². The largest absolute Gasteiger partial charge is 0.353 e. The van der Waals surface area contributed by atoms with E-state index in [1.165, 1.54) is 6.26 Å². The van der Waals surface area contributed by atoms with Gasteiger partial charge in [-0.2, -0.15) is 11.8 Å². The van der Waals surface area contributed by atoms with Gasteiger partial charge in [0.25, 0.3) is 0 Å². The molecule has 1 heterocycles. The lowest BCUT2D eigenvalue weighted by Crippen LogP contribution is -2.47. The van der Waals surface area contributed by atoms with Crippen molar-refractivity contribution in [3.8, 4) is 0 Å². The molecule has 2 rings (SSSR count). The standard InChI is InChI=1S/C14H22N2O2S2/c1-3-12(15)11-6-4-5-7-13(11)16-8-9-19-10-14(16)20(2,17)18/h4-7,12,14H,3,8-10,15H2,1-2H3/t12-,14?/m1/s1. The minimum absolute atomic E-state index is 0.0546. The van der Waals surface area contributed by atoms with Crippen LogP contribution in [0.5, 0.6) is 0 Å². The Morgan fingerprint density at radius 2 is 2.15 bits per heavy atom. The van der Waals surface area contributed by atoms with Gasteiger partial charge in [0, 0.05) is 36.0 Å². The average molecular weight is 314 g/mol. The predicted molar refractivity (Wildman–Crippen MR) is 87.0 cm³/mol. The van der Waals surface area contributed by atoms with Gasteiger partial charge in [-0.25, -0.2) is 8.42 Å². The fourth-order valence-electron chi connectivity index (χ4n) is 2.49. The minimum Gasteiger partial charge on any atom is -0.353 e. The van der Waals surface area contributed by atoms with Crippen LogP contribution in [0.3, 0.4) is 0 Å². The summed E-state index contributed by atoms with van der Waals surface area (Å²) in [5.74, 6) is 1.57. The summed E-state index contributed by atoms with van der Waals surface area (Å²) in [6.45, 7) is 2.79. The second-order valence-corrected chi connectivity index (χ2v) is 8.48. The van der Waals surface area contributed by atoms with Crippen LogP contribution in [-0.2, 0) is 9.84 Å². The van der Waals surface area contributed by atoms with E-state index in [0.29, 0.717) is 5.75 Å². The predicted octanol–water partition coefficient (Wildman–Crippen LogP) is 2.02. The lowest BCUT2D eigenvalue weighted by molar-refractivity contribution is 0.583. The van der Waals surface area contributed by atoms with Crippen LogP contribution in [0, 0.1) is 0 Å². The molecule has 0 spiro atoms. The fraction of sp³-hybridized carbons (Fsp3) is 0.571. The first kappa shape index (κ1) is 15.7. The molecule has 4 nitrogen and oxygen atoms in total. The highest BCUT2D eigenvalue weighted by Crippen LogP contribution is 2.32. The summed E-state index contributed by atoms with van der Waals surface area (Å²) in [5.41, 5.74) is 8.18. The van der Waals surface area contributed by atoms with Crippen LogP contribution < -0.4 is 10.6 Å². The summed E-state index contributed by atoms with van der Waals surface area (Å²) in [5, 5.41) is -0.452. The summed E-state index contributed by atoms with van der Waals surface area (Å²) in [6.07, 6.45) is 2.15. The number of nitrogens with two attached hydrogens (primary N) is 1. The first-order valence-electron chi connectivity index (χ1n) is 6.83. The molecule has 0 aromatic heterocycles. The van der Waals surface area contributed by atoms with Crippen molar-refractivity contribution in [2.24, 2.45) is 5.73 Å². The van der Waals surface area contributed by atoms with Gasteiger partial charge in [0.15, 0.2) is 9.84 Å². The lowest BCUT2D eigenvalue weighted by Gasteiger charge is -2.37. The number of nitrogens with zero attached hydrogens (tertiary/aromatic N) is 1. The molecule has 2 N–H and O–H groups in total. The van der Waals surface area contributed by atoms with Gasteiger partial charge in [0.1, 0.15) is 5.37 Å². The zero-order valence-corrected chi connectivity index (χ0v) is 13.6. The van der Waals surface area contributed by atoms with Crippen molar-refractivity contribution in [1.29, 1.82) is 0 Å². The van der Waals surface area contributed by atoms with Gasteiger partial charge < -0.3 is 10.6 Å². The molecule has 1 saturated heterocycles. The molecule has 0 radical (unpaired) electrons. The Balaban J connectivity index is 2.43. The molecule has 1 aliphatic rings. The van der Waals surface area contributed by atoms with E-state index < -0.39 is 15.2 Å². The summed E-state index contributed by atoms with van der Waals surface area (Å²) in [4.78, 5) is 2.01. The highest BCUT2D eigenvalue weighted by Gasteiger charge is 2.32. The highest BCUT2D eigenvalue weighted by molar-refractivity contribution is 8.01. The van der Waals surface area contributed by atoms with Gasteiger partial charge in [0.05, 0.1) is 0 Å². The first-order chi connectivity index (χ1) is 9.45. The molecule has 20 heavy (non-hydrogen) atoms. The Hall–Kier alpha value is -0.720. The number of rotatable bonds is 4. The molecule has 0 aliphatic carbocycles. The average Bonchev–Trinajstić information content (AvgIpc) is 2.45. The monoisotopic (exact) mass is 314 g/mol. The zero-order chi connectivity index (χ0) is 14.8. The maximum Gasteiger partial charge on any atom is 0.169 e. The maximum absolute atomic E-state index is 12.0. The summed E-state index contributed by atoms with van der Waals surface area (Å²) in [6, 6.07) is 7.84. The SMILES string of the molecule is CC[C@@H](N)c1ccccc1N1CCSCC1S(C)(=O)=O. The summed E-state index contributed by atoms with van der Waals surface area (Å²) < 4.78 is 24.1. The van der Waals surface area contributed by atoms with Gasteiger partial charge in [-0.05, 0) is 18.1 Å². The van der Waals surface area contributed by atoms with Gasteiger partial charge in [0.2, 0.25) is 0 Å². The Kier molecular flexibility index (Phi) is 4.99. The molecule has 1 aliphatic heterocycles. The Morgan fingerprint density at radius 3 is 2.80 bits per heavy atom. The topological polar surface area (TPSA) is 63.4 Å². The van der Waals surface area contributed by atoms with E-state index in [-0.39, 0.29) is 6.04 Å². The van der Waals surface area contributed by atoms with Crippen LogP contribution in [-0.4, -0.2) is 38.1 Å². The maximum atomic E-state index is 12.0. The van der Waals surface area contributed by atoms with E-state index in [1.807, 2.05) is 36.1 Å². The van der Waals surface area contributed by atoms with Gasteiger partial charge in [-0.15, -0.1) is 0 Å². The molecular formula is C14H22N2O2S2. The van der Waals surface area contributed by atoms with E-state index in [1.54, 1.807) is 11.8 Å². The van der Waals surface area contributed by atoms with Crippen molar-refractivity contribution in [1.82, 2.24) is 0 Å². The molecule has 1 fully saturated rings. The number of hydrogen-bond acceptors (Lipinski definition) is 5. The molecule has 1 unspecified atom stereocenters. The van der Waals surface area contributed by atoms with Crippen LogP contribution in [0.25, 0.3) is 0 Å². The molecule has 1 aromatic carbocycles. The number of hydrogen-bond donors (Lipinski definition) is 1. The minimum atomic E-state index is -3.11. The van der Waals surface area contributed by atoms with Gasteiger partial charge in [-0.3, -0.25) is 0 Å². The quantitative estimate of drug-likeness (QED) is 0.921. The smallest absolute Gasteiger partial charge is 0.169 e. The normalized spacial score (nSPS) is 21.8. The molecule has 1 aromatic rings. The molecule has 2 atom stereocenters. The van der Waals surface area contributed by atoms with E-state index >= 15 is 0 Å². The number of thioether (sulfide) groups is 1. The number of benzene rings is 1. The third-order valence-electron chi connectivity index (χ3n) is 3.66. The Morgan fingerprint density at radius 1 is 1.45 bits per heavy atom. The fourth-order valence-corrected chi connectivity index (χ4v) is 5.33. The van der Waals surface area contributed by atoms with Crippen LogP contribution in [0.4, 0.5) is 5.69 Å². The third-order valence-corrected chi connectivity index (χ3v) is 6.31. The molecule has 6 heteroatoms. The number of anilines is 1. The Bertz CT molecular complexity index is 560. The van der Waals surface area contributed by atoms with E-state index in [4.69, 9.17) is 5.73 Å². The van der Waals surface area contributed by atoms with Crippen LogP contribution in [0.15, 0.2) is 24.3 Å². The molecule has 112 valence electrons. The lowest BCUT2D eigenvalue weighted by atomic mass is 10.0. The van der Waals surface area contributed by atoms with Gasteiger partial charge in [-0.1, -0.05) is 25.1 Å². The molecule has 0 amide bonds.